The molecule has 0 saturated carbocycles. The Kier molecular flexibility index (Phi) is 5.19. The molecule has 0 saturated heterocycles. The van der Waals surface area contributed by atoms with Gasteiger partial charge in [-0.1, -0.05) is 18.2 Å². The molecular formula is C19H21FN2O3. The molecule has 2 N–H and O–H groups in total. The molecule has 1 heterocycles. The Bertz CT molecular complexity index is 772. The molecule has 1 aliphatic heterocycles. The van der Waals surface area contributed by atoms with Gasteiger partial charge in [-0.25, -0.2) is 9.18 Å². The average Bonchev–Trinajstić information content (AvgIpc) is 2.58. The van der Waals surface area contributed by atoms with Crippen molar-refractivity contribution in [2.45, 2.75) is 26.9 Å². The number of carbonyl (C=O) groups excluding carboxylic acids is 1. The fourth-order valence-electron chi connectivity index (χ4n) is 2.92. The highest BCUT2D eigenvalue weighted by atomic mass is 19.1. The van der Waals surface area contributed by atoms with Crippen molar-refractivity contribution in [2.24, 2.45) is 0 Å². The van der Waals surface area contributed by atoms with Crippen molar-refractivity contribution in [1.29, 1.82) is 0 Å². The Balaban J connectivity index is 1.60. The van der Waals surface area contributed by atoms with Gasteiger partial charge in [-0.15, -0.1) is 0 Å². The molecule has 0 aliphatic carbocycles. The van der Waals surface area contributed by atoms with Gasteiger partial charge in [0.1, 0.15) is 11.6 Å². The quantitative estimate of drug-likeness (QED) is 0.890. The molecule has 6 heteroatoms. The van der Waals surface area contributed by atoms with Crippen LogP contribution in [0.4, 0.5) is 14.9 Å². The Hall–Kier alpha value is -2.60. The molecule has 132 valence electrons. The Morgan fingerprint density at radius 3 is 2.76 bits per heavy atom. The molecule has 0 radical (unpaired) electrons. The van der Waals surface area contributed by atoms with Gasteiger partial charge in [0.25, 0.3) is 0 Å². The van der Waals surface area contributed by atoms with E-state index >= 15 is 0 Å². The smallest absolute Gasteiger partial charge is 0.319 e. The lowest BCUT2D eigenvalue weighted by atomic mass is 10.1. The summed E-state index contributed by atoms with van der Waals surface area (Å²) in [5.74, 6) is 0.326. The van der Waals surface area contributed by atoms with E-state index in [0.717, 1.165) is 22.4 Å². The Morgan fingerprint density at radius 1 is 1.24 bits per heavy atom. The van der Waals surface area contributed by atoms with Gasteiger partial charge in [-0.05, 0) is 49.1 Å². The van der Waals surface area contributed by atoms with E-state index in [0.29, 0.717) is 30.9 Å². The summed E-state index contributed by atoms with van der Waals surface area (Å²) in [6.07, 6.45) is 0.472. The van der Waals surface area contributed by atoms with Crippen molar-refractivity contribution in [1.82, 2.24) is 5.32 Å². The van der Waals surface area contributed by atoms with Crippen molar-refractivity contribution in [3.8, 4) is 5.75 Å². The molecule has 0 atom stereocenters. The standard InChI is InChI=1S/C19H21FN2O3/c1-12-4-3-5-13(2)17(12)22-19(23)21-7-6-14-8-16(20)9-15-10-24-11-25-18(14)15/h3-5,8-9H,6-7,10-11H2,1-2H3,(H2,21,22,23). The van der Waals surface area contributed by atoms with Gasteiger partial charge in [0.2, 0.25) is 0 Å². The summed E-state index contributed by atoms with van der Waals surface area (Å²) in [5, 5.41) is 5.66. The summed E-state index contributed by atoms with van der Waals surface area (Å²) in [7, 11) is 0. The first-order chi connectivity index (χ1) is 12.0. The van der Waals surface area contributed by atoms with Gasteiger partial charge < -0.3 is 20.1 Å². The lowest BCUT2D eigenvalue weighted by Crippen LogP contribution is -2.31. The average molecular weight is 344 g/mol. The van der Waals surface area contributed by atoms with Crippen molar-refractivity contribution < 1.29 is 18.7 Å². The van der Waals surface area contributed by atoms with E-state index < -0.39 is 0 Å². The first kappa shape index (κ1) is 17.2. The minimum Gasteiger partial charge on any atom is -0.467 e. The minimum atomic E-state index is -0.331. The number of hydrogen-bond acceptors (Lipinski definition) is 3. The number of hydrogen-bond donors (Lipinski definition) is 2. The number of halogens is 1. The number of amides is 2. The van der Waals surface area contributed by atoms with Gasteiger partial charge in [0, 0.05) is 17.8 Å². The number of fused-ring (bicyclic) bond motifs is 1. The van der Waals surface area contributed by atoms with Crippen LogP contribution in [0.15, 0.2) is 30.3 Å². The van der Waals surface area contributed by atoms with Crippen LogP contribution in [0.25, 0.3) is 0 Å². The van der Waals surface area contributed by atoms with E-state index in [-0.39, 0.29) is 18.6 Å². The Morgan fingerprint density at radius 2 is 2.00 bits per heavy atom. The molecule has 0 fully saturated rings. The van der Waals surface area contributed by atoms with Crippen LogP contribution in [-0.2, 0) is 17.8 Å². The number of urea groups is 1. The topological polar surface area (TPSA) is 59.6 Å². The second kappa shape index (κ2) is 7.53. The minimum absolute atomic E-state index is 0.159. The van der Waals surface area contributed by atoms with Crippen LogP contribution in [0, 0.1) is 19.7 Å². The van der Waals surface area contributed by atoms with Gasteiger partial charge >= 0.3 is 6.03 Å². The lowest BCUT2D eigenvalue weighted by molar-refractivity contribution is -0.0172. The number of anilines is 1. The van der Waals surface area contributed by atoms with Crippen molar-refractivity contribution >= 4 is 11.7 Å². The number of rotatable bonds is 4. The summed E-state index contributed by atoms with van der Waals surface area (Å²) < 4.78 is 24.4. The van der Waals surface area contributed by atoms with Crippen LogP contribution >= 0.6 is 0 Å². The highest BCUT2D eigenvalue weighted by Crippen LogP contribution is 2.29. The first-order valence-corrected chi connectivity index (χ1v) is 8.17. The van der Waals surface area contributed by atoms with E-state index in [1.165, 1.54) is 12.1 Å². The molecule has 25 heavy (non-hydrogen) atoms. The van der Waals surface area contributed by atoms with Crippen molar-refractivity contribution in [2.75, 3.05) is 18.7 Å². The third kappa shape index (κ3) is 4.09. The molecule has 2 aromatic carbocycles. The highest BCUT2D eigenvalue weighted by Gasteiger charge is 2.17. The van der Waals surface area contributed by atoms with Crippen LogP contribution in [0.2, 0.25) is 0 Å². The zero-order chi connectivity index (χ0) is 17.8. The largest absolute Gasteiger partial charge is 0.467 e. The van der Waals surface area contributed by atoms with E-state index in [9.17, 15) is 9.18 Å². The highest BCUT2D eigenvalue weighted by molar-refractivity contribution is 5.90. The maximum absolute atomic E-state index is 13.7. The van der Waals surface area contributed by atoms with E-state index in [1.54, 1.807) is 0 Å². The second-order valence-electron chi connectivity index (χ2n) is 6.06. The predicted octanol–water partition coefficient (Wildman–Crippen LogP) is 3.67. The van der Waals surface area contributed by atoms with E-state index in [2.05, 4.69) is 10.6 Å². The molecule has 3 rings (SSSR count). The van der Waals surface area contributed by atoms with Crippen LogP contribution in [0.3, 0.4) is 0 Å². The number of ether oxygens (including phenoxy) is 2. The number of carbonyl (C=O) groups is 1. The van der Waals surface area contributed by atoms with Gasteiger partial charge in [-0.3, -0.25) is 0 Å². The van der Waals surface area contributed by atoms with Crippen LogP contribution in [0.5, 0.6) is 5.75 Å². The zero-order valence-electron chi connectivity index (χ0n) is 14.3. The third-order valence-corrected chi connectivity index (χ3v) is 4.15. The van der Waals surface area contributed by atoms with Crippen LogP contribution in [0.1, 0.15) is 22.3 Å². The Labute approximate surface area is 146 Å². The fourth-order valence-corrected chi connectivity index (χ4v) is 2.92. The third-order valence-electron chi connectivity index (χ3n) is 4.15. The maximum atomic E-state index is 13.7. The van der Waals surface area contributed by atoms with Crippen molar-refractivity contribution in [3.63, 3.8) is 0 Å². The molecule has 0 unspecified atom stereocenters. The van der Waals surface area contributed by atoms with Crippen LogP contribution < -0.4 is 15.4 Å². The van der Waals surface area contributed by atoms with Gasteiger partial charge in [-0.2, -0.15) is 0 Å². The molecule has 5 nitrogen and oxygen atoms in total. The molecule has 2 amide bonds. The number of para-hydroxylation sites is 1. The fraction of sp³-hybridized carbons (Fsp3) is 0.316. The van der Waals surface area contributed by atoms with E-state index in [4.69, 9.17) is 9.47 Å². The molecule has 0 bridgehead atoms. The van der Waals surface area contributed by atoms with E-state index in [1.807, 2.05) is 32.0 Å². The number of aryl methyl sites for hydroxylation is 2. The molecule has 2 aromatic rings. The molecule has 0 aromatic heterocycles. The SMILES string of the molecule is Cc1cccc(C)c1NC(=O)NCCc1cc(F)cc2c1OCOC2. The number of benzene rings is 2. The zero-order valence-corrected chi connectivity index (χ0v) is 14.3. The first-order valence-electron chi connectivity index (χ1n) is 8.17. The monoisotopic (exact) mass is 344 g/mol. The maximum Gasteiger partial charge on any atom is 0.319 e. The second-order valence-corrected chi connectivity index (χ2v) is 6.06. The van der Waals surface area contributed by atoms with Gasteiger partial charge in [0.05, 0.1) is 6.61 Å². The summed E-state index contributed by atoms with van der Waals surface area (Å²) in [5.41, 5.74) is 4.24. The molecule has 1 aliphatic rings. The summed E-state index contributed by atoms with van der Waals surface area (Å²) in [6.45, 7) is 4.76. The van der Waals surface area contributed by atoms with Crippen LogP contribution in [-0.4, -0.2) is 19.4 Å². The summed E-state index contributed by atoms with van der Waals surface area (Å²) in [4.78, 5) is 12.1. The number of nitrogens with one attached hydrogen (secondary N) is 2. The predicted molar refractivity (Wildman–Crippen MR) is 93.3 cm³/mol. The summed E-state index contributed by atoms with van der Waals surface area (Å²) in [6, 6.07) is 8.41. The molecule has 0 spiro atoms. The van der Waals surface area contributed by atoms with Crippen molar-refractivity contribution in [3.05, 3.63) is 58.4 Å². The normalized spacial score (nSPS) is 12.9. The summed E-state index contributed by atoms with van der Waals surface area (Å²) >= 11 is 0. The lowest BCUT2D eigenvalue weighted by Gasteiger charge is -2.21. The molecular weight excluding hydrogens is 323 g/mol. The van der Waals surface area contributed by atoms with Gasteiger partial charge in [0.15, 0.2) is 6.79 Å².